The molecular formula is C15H17N5O3. The maximum absolute atomic E-state index is 12.5. The second kappa shape index (κ2) is 6.15. The summed E-state index contributed by atoms with van der Waals surface area (Å²) in [6, 6.07) is 8.18. The van der Waals surface area contributed by atoms with Gasteiger partial charge in [0.15, 0.2) is 0 Å². The molecule has 0 N–H and O–H groups in total. The van der Waals surface area contributed by atoms with E-state index >= 15 is 0 Å². The fourth-order valence-corrected chi connectivity index (χ4v) is 3.00. The van der Waals surface area contributed by atoms with Crippen LogP contribution in [0.3, 0.4) is 0 Å². The molecule has 1 heterocycles. The van der Waals surface area contributed by atoms with Gasteiger partial charge in [-0.3, -0.25) is 4.79 Å². The van der Waals surface area contributed by atoms with Crippen LogP contribution in [0.15, 0.2) is 30.6 Å². The molecule has 1 aromatic carbocycles. The van der Waals surface area contributed by atoms with E-state index in [1.54, 1.807) is 11.9 Å². The van der Waals surface area contributed by atoms with Crippen molar-refractivity contribution >= 4 is 11.9 Å². The lowest BCUT2D eigenvalue weighted by atomic mass is 9.87. The standard InChI is InChI=1S/C15H17N5O3/c1-18(13-8-4-6-11-5-2-3-7-12(11)13)14(21)9-19-10-16-15(17-19)20(22)23/h2-3,5,7,10,13H,4,6,8-9H2,1H3/t13-/m0/s1. The van der Waals surface area contributed by atoms with Crippen molar-refractivity contribution in [2.75, 3.05) is 7.05 Å². The normalized spacial score (nSPS) is 16.7. The summed E-state index contributed by atoms with van der Waals surface area (Å²) in [5, 5.41) is 14.3. The molecule has 1 aliphatic rings. The third kappa shape index (κ3) is 3.05. The summed E-state index contributed by atoms with van der Waals surface area (Å²) in [6.45, 7) is -0.0595. The highest BCUT2D eigenvalue weighted by atomic mass is 16.6. The maximum atomic E-state index is 12.5. The van der Waals surface area contributed by atoms with E-state index < -0.39 is 10.9 Å². The maximum Gasteiger partial charge on any atom is 0.490 e. The number of carbonyl (C=O) groups is 1. The van der Waals surface area contributed by atoms with Crippen LogP contribution in [0.25, 0.3) is 0 Å². The van der Waals surface area contributed by atoms with Crippen LogP contribution in [-0.4, -0.2) is 37.5 Å². The molecule has 3 rings (SSSR count). The van der Waals surface area contributed by atoms with Gasteiger partial charge in [-0.05, 0) is 35.3 Å². The first kappa shape index (κ1) is 15.1. The monoisotopic (exact) mass is 315 g/mol. The smallest absolute Gasteiger partial charge is 0.390 e. The minimum absolute atomic E-state index is 0.0333. The van der Waals surface area contributed by atoms with Crippen LogP contribution in [0, 0.1) is 10.1 Å². The predicted molar refractivity (Wildman–Crippen MR) is 81.6 cm³/mol. The van der Waals surface area contributed by atoms with E-state index in [2.05, 4.69) is 22.2 Å². The van der Waals surface area contributed by atoms with Crippen molar-refractivity contribution in [3.05, 3.63) is 51.8 Å². The number of likely N-dealkylation sites (N-methyl/N-ethyl adjacent to an activating group) is 1. The van der Waals surface area contributed by atoms with Crippen molar-refractivity contribution in [3.8, 4) is 0 Å². The number of carbonyl (C=O) groups excluding carboxylic acids is 1. The number of hydrogen-bond acceptors (Lipinski definition) is 5. The first-order chi connectivity index (χ1) is 11.1. The highest BCUT2D eigenvalue weighted by Crippen LogP contribution is 2.33. The van der Waals surface area contributed by atoms with Crippen molar-refractivity contribution in [1.82, 2.24) is 19.7 Å². The van der Waals surface area contributed by atoms with Crippen LogP contribution in [0.2, 0.25) is 0 Å². The second-order valence-electron chi connectivity index (χ2n) is 5.61. The average molecular weight is 315 g/mol. The van der Waals surface area contributed by atoms with E-state index in [0.29, 0.717) is 0 Å². The number of nitro groups is 1. The molecule has 0 saturated heterocycles. The van der Waals surface area contributed by atoms with Crippen LogP contribution >= 0.6 is 0 Å². The summed E-state index contributed by atoms with van der Waals surface area (Å²) in [5.74, 6) is -0.644. The molecule has 1 amide bonds. The average Bonchev–Trinajstić information content (AvgIpc) is 3.02. The van der Waals surface area contributed by atoms with Crippen LogP contribution < -0.4 is 0 Å². The molecule has 0 radical (unpaired) electrons. The molecule has 1 atom stereocenters. The van der Waals surface area contributed by atoms with Gasteiger partial charge in [0.2, 0.25) is 12.2 Å². The highest BCUT2D eigenvalue weighted by Gasteiger charge is 2.27. The zero-order valence-electron chi connectivity index (χ0n) is 12.8. The lowest BCUT2D eigenvalue weighted by Gasteiger charge is -2.33. The summed E-state index contributed by atoms with van der Waals surface area (Å²) in [4.78, 5) is 27.6. The Balaban J connectivity index is 1.74. The minimum atomic E-state index is -0.679. The van der Waals surface area contributed by atoms with Crippen LogP contribution in [0.5, 0.6) is 0 Å². The SMILES string of the molecule is CN(C(=O)Cn1cnc([N+](=O)[O-])n1)[C@H]1CCCc2ccccc21. The molecule has 2 aromatic rings. The zero-order chi connectivity index (χ0) is 16.4. The van der Waals surface area contributed by atoms with Gasteiger partial charge in [-0.2, -0.15) is 4.68 Å². The van der Waals surface area contributed by atoms with E-state index in [0.717, 1.165) is 19.3 Å². The molecule has 1 aliphatic carbocycles. The first-order valence-electron chi connectivity index (χ1n) is 7.43. The van der Waals surface area contributed by atoms with Crippen molar-refractivity contribution < 1.29 is 9.72 Å². The van der Waals surface area contributed by atoms with Crippen molar-refractivity contribution in [3.63, 3.8) is 0 Å². The summed E-state index contributed by atoms with van der Waals surface area (Å²) in [7, 11) is 1.76. The number of benzene rings is 1. The van der Waals surface area contributed by atoms with Gasteiger partial charge >= 0.3 is 5.95 Å². The number of aryl methyl sites for hydroxylation is 1. The van der Waals surface area contributed by atoms with E-state index in [1.165, 1.54) is 22.1 Å². The fraction of sp³-hybridized carbons (Fsp3) is 0.400. The molecular weight excluding hydrogens is 298 g/mol. The van der Waals surface area contributed by atoms with Gasteiger partial charge in [0.05, 0.1) is 6.04 Å². The van der Waals surface area contributed by atoms with Gasteiger partial charge < -0.3 is 15.0 Å². The number of amides is 1. The van der Waals surface area contributed by atoms with Gasteiger partial charge in [0.1, 0.15) is 6.54 Å². The van der Waals surface area contributed by atoms with Gasteiger partial charge in [0, 0.05) is 12.1 Å². The molecule has 23 heavy (non-hydrogen) atoms. The third-order valence-electron chi connectivity index (χ3n) is 4.18. The van der Waals surface area contributed by atoms with Crippen molar-refractivity contribution in [1.29, 1.82) is 0 Å². The number of hydrogen-bond donors (Lipinski definition) is 0. The first-order valence-corrected chi connectivity index (χ1v) is 7.43. The molecule has 0 spiro atoms. The Kier molecular flexibility index (Phi) is 4.05. The summed E-state index contributed by atoms with van der Waals surface area (Å²) >= 11 is 0. The molecule has 0 bridgehead atoms. The number of aromatic nitrogens is 3. The summed E-state index contributed by atoms with van der Waals surface area (Å²) in [6.07, 6.45) is 4.19. The highest BCUT2D eigenvalue weighted by molar-refractivity contribution is 5.76. The van der Waals surface area contributed by atoms with Crippen LogP contribution in [0.1, 0.15) is 30.0 Å². The quantitative estimate of drug-likeness (QED) is 0.632. The summed E-state index contributed by atoms with van der Waals surface area (Å²) < 4.78 is 1.20. The molecule has 0 unspecified atom stereocenters. The van der Waals surface area contributed by atoms with Crippen LogP contribution in [0.4, 0.5) is 5.95 Å². The van der Waals surface area contributed by atoms with Gasteiger partial charge in [0.25, 0.3) is 0 Å². The third-order valence-corrected chi connectivity index (χ3v) is 4.18. The van der Waals surface area contributed by atoms with E-state index in [4.69, 9.17) is 0 Å². The molecule has 8 nitrogen and oxygen atoms in total. The largest absolute Gasteiger partial charge is 0.490 e. The lowest BCUT2D eigenvalue weighted by molar-refractivity contribution is -0.394. The second-order valence-corrected chi connectivity index (χ2v) is 5.61. The molecule has 0 aliphatic heterocycles. The van der Waals surface area contributed by atoms with Crippen molar-refractivity contribution in [2.24, 2.45) is 0 Å². The van der Waals surface area contributed by atoms with Gasteiger partial charge in [-0.1, -0.05) is 29.2 Å². The lowest BCUT2D eigenvalue weighted by Crippen LogP contribution is -2.35. The zero-order valence-corrected chi connectivity index (χ0v) is 12.8. The molecule has 0 fully saturated rings. The Morgan fingerprint density at radius 2 is 2.26 bits per heavy atom. The number of fused-ring (bicyclic) bond motifs is 1. The Labute approximate surface area is 132 Å². The molecule has 8 heteroatoms. The Bertz CT molecular complexity index is 742. The van der Waals surface area contributed by atoms with Crippen LogP contribution in [-0.2, 0) is 17.8 Å². The van der Waals surface area contributed by atoms with E-state index in [9.17, 15) is 14.9 Å². The van der Waals surface area contributed by atoms with Gasteiger partial charge in [-0.25, -0.2) is 0 Å². The number of rotatable bonds is 4. The van der Waals surface area contributed by atoms with E-state index in [-0.39, 0.29) is 18.5 Å². The van der Waals surface area contributed by atoms with E-state index in [1.807, 2.05) is 12.1 Å². The predicted octanol–water partition coefficient (Wildman–Crippen LogP) is 1.72. The minimum Gasteiger partial charge on any atom is -0.390 e. The molecule has 120 valence electrons. The van der Waals surface area contributed by atoms with Crippen molar-refractivity contribution in [2.45, 2.75) is 31.8 Å². The number of nitrogens with zero attached hydrogens (tertiary/aromatic N) is 5. The summed E-state index contributed by atoms with van der Waals surface area (Å²) in [5.41, 5.74) is 2.46. The van der Waals surface area contributed by atoms with Gasteiger partial charge in [-0.15, -0.1) is 0 Å². The Morgan fingerprint density at radius 1 is 1.48 bits per heavy atom. The molecule has 0 saturated carbocycles. The topological polar surface area (TPSA) is 94.2 Å². The molecule has 1 aromatic heterocycles. The Hall–Kier alpha value is -2.77. The fourth-order valence-electron chi connectivity index (χ4n) is 3.00. The Morgan fingerprint density at radius 3 is 3.00 bits per heavy atom.